The van der Waals surface area contributed by atoms with Crippen molar-refractivity contribution in [3.8, 4) is 5.75 Å². The molecule has 4 heteroatoms. The summed E-state index contributed by atoms with van der Waals surface area (Å²) >= 11 is 1.58. The third kappa shape index (κ3) is 2.66. The van der Waals surface area contributed by atoms with E-state index in [1.807, 2.05) is 29.1 Å². The molecule has 0 spiro atoms. The van der Waals surface area contributed by atoms with Crippen LogP contribution in [-0.2, 0) is 13.0 Å². The molecule has 0 aliphatic heterocycles. The van der Waals surface area contributed by atoms with Gasteiger partial charge >= 0.3 is 0 Å². The van der Waals surface area contributed by atoms with Crippen molar-refractivity contribution in [3.05, 3.63) is 58.5 Å². The molecule has 1 heterocycles. The highest BCUT2D eigenvalue weighted by molar-refractivity contribution is 7.07. The zero-order chi connectivity index (χ0) is 13.8. The molecule has 3 nitrogen and oxygen atoms in total. The van der Waals surface area contributed by atoms with Gasteiger partial charge in [0.15, 0.2) is 0 Å². The van der Waals surface area contributed by atoms with Crippen LogP contribution in [0.15, 0.2) is 47.3 Å². The minimum atomic E-state index is 0.499. The number of rotatable bonds is 5. The molecule has 0 saturated heterocycles. The van der Waals surface area contributed by atoms with Gasteiger partial charge in [-0.15, -0.1) is 11.3 Å². The van der Waals surface area contributed by atoms with Gasteiger partial charge in [0.05, 0.1) is 11.2 Å². The van der Waals surface area contributed by atoms with Crippen molar-refractivity contribution in [1.82, 2.24) is 4.98 Å². The highest BCUT2D eigenvalue weighted by atomic mass is 32.1. The largest absolute Gasteiger partial charge is 0.487 e. The fraction of sp³-hybridized carbons (Fsp3) is 0.188. The number of nitrogens with two attached hydrogens (primary N) is 1. The smallest absolute Gasteiger partial charge is 0.131 e. The van der Waals surface area contributed by atoms with Gasteiger partial charge in [-0.2, -0.15) is 0 Å². The summed E-state index contributed by atoms with van der Waals surface area (Å²) < 4.78 is 5.93. The van der Waals surface area contributed by atoms with Crippen LogP contribution in [0.1, 0.15) is 11.3 Å². The molecule has 102 valence electrons. The van der Waals surface area contributed by atoms with E-state index < -0.39 is 0 Å². The van der Waals surface area contributed by atoms with Crippen LogP contribution in [0.25, 0.3) is 10.8 Å². The molecule has 20 heavy (non-hydrogen) atoms. The van der Waals surface area contributed by atoms with Crippen LogP contribution in [0.4, 0.5) is 0 Å². The lowest BCUT2D eigenvalue weighted by Crippen LogP contribution is -2.06. The van der Waals surface area contributed by atoms with Crippen LogP contribution < -0.4 is 10.5 Å². The van der Waals surface area contributed by atoms with E-state index >= 15 is 0 Å². The van der Waals surface area contributed by atoms with E-state index in [9.17, 15) is 0 Å². The zero-order valence-electron chi connectivity index (χ0n) is 11.1. The Labute approximate surface area is 122 Å². The zero-order valence-corrected chi connectivity index (χ0v) is 11.9. The van der Waals surface area contributed by atoms with Gasteiger partial charge in [0.2, 0.25) is 0 Å². The Kier molecular flexibility index (Phi) is 3.95. The Morgan fingerprint density at radius 3 is 2.85 bits per heavy atom. The Balaban J connectivity index is 1.94. The third-order valence-electron chi connectivity index (χ3n) is 3.25. The fourth-order valence-electron chi connectivity index (χ4n) is 2.31. The minimum absolute atomic E-state index is 0.499. The number of nitrogens with zero attached hydrogens (tertiary/aromatic N) is 1. The highest BCUT2D eigenvalue weighted by Crippen LogP contribution is 2.29. The number of aromatic nitrogens is 1. The average molecular weight is 284 g/mol. The number of benzene rings is 2. The lowest BCUT2D eigenvalue weighted by molar-refractivity contribution is 0.299. The average Bonchev–Trinajstić information content (AvgIpc) is 3.00. The van der Waals surface area contributed by atoms with Crippen LogP contribution in [-0.4, -0.2) is 11.5 Å². The van der Waals surface area contributed by atoms with E-state index in [1.165, 1.54) is 16.3 Å². The molecular weight excluding hydrogens is 268 g/mol. The molecule has 2 N–H and O–H groups in total. The molecule has 0 amide bonds. The summed E-state index contributed by atoms with van der Waals surface area (Å²) in [5.41, 5.74) is 9.71. The van der Waals surface area contributed by atoms with Crippen molar-refractivity contribution in [2.45, 2.75) is 13.0 Å². The number of fused-ring (bicyclic) bond motifs is 1. The Morgan fingerprint density at radius 2 is 2.05 bits per heavy atom. The van der Waals surface area contributed by atoms with Gasteiger partial charge < -0.3 is 10.5 Å². The molecular formula is C16H16N2OS. The summed E-state index contributed by atoms with van der Waals surface area (Å²) in [5, 5.41) is 4.44. The first kappa shape index (κ1) is 13.1. The highest BCUT2D eigenvalue weighted by Gasteiger charge is 2.08. The molecule has 0 fully saturated rings. The molecule has 0 aliphatic rings. The van der Waals surface area contributed by atoms with Crippen molar-refractivity contribution in [2.75, 3.05) is 6.54 Å². The van der Waals surface area contributed by atoms with Crippen LogP contribution in [0, 0.1) is 0 Å². The predicted molar refractivity (Wildman–Crippen MR) is 83.2 cm³/mol. The normalized spacial score (nSPS) is 10.8. The minimum Gasteiger partial charge on any atom is -0.487 e. The van der Waals surface area contributed by atoms with Crippen LogP contribution in [0.2, 0.25) is 0 Å². The van der Waals surface area contributed by atoms with Gasteiger partial charge in [0.1, 0.15) is 12.4 Å². The van der Waals surface area contributed by atoms with E-state index in [1.54, 1.807) is 11.3 Å². The first-order valence-corrected chi connectivity index (χ1v) is 7.53. The molecule has 0 atom stereocenters. The molecule has 3 aromatic rings. The van der Waals surface area contributed by atoms with Crippen LogP contribution >= 0.6 is 11.3 Å². The first-order chi connectivity index (χ1) is 9.88. The monoisotopic (exact) mass is 284 g/mol. The molecule has 0 saturated carbocycles. The summed E-state index contributed by atoms with van der Waals surface area (Å²) in [5.74, 6) is 0.905. The van der Waals surface area contributed by atoms with Crippen LogP contribution in [0.3, 0.4) is 0 Å². The van der Waals surface area contributed by atoms with Crippen LogP contribution in [0.5, 0.6) is 5.75 Å². The second-order valence-corrected chi connectivity index (χ2v) is 5.29. The molecule has 1 aromatic heterocycles. The van der Waals surface area contributed by atoms with Crippen molar-refractivity contribution < 1.29 is 4.74 Å². The second-order valence-electron chi connectivity index (χ2n) is 4.57. The van der Waals surface area contributed by atoms with E-state index in [-0.39, 0.29) is 0 Å². The Bertz CT molecular complexity index is 695. The summed E-state index contributed by atoms with van der Waals surface area (Å²) in [6.45, 7) is 1.11. The first-order valence-electron chi connectivity index (χ1n) is 6.59. The summed E-state index contributed by atoms with van der Waals surface area (Å²) in [7, 11) is 0. The van der Waals surface area contributed by atoms with E-state index in [0.717, 1.165) is 17.9 Å². The third-order valence-corrected chi connectivity index (χ3v) is 3.89. The van der Waals surface area contributed by atoms with Gasteiger partial charge in [0, 0.05) is 10.9 Å². The van der Waals surface area contributed by atoms with Gasteiger partial charge in [-0.25, -0.2) is 4.98 Å². The maximum absolute atomic E-state index is 5.93. The molecule has 3 rings (SSSR count). The van der Waals surface area contributed by atoms with Gasteiger partial charge in [0.25, 0.3) is 0 Å². The SMILES string of the molecule is NCCc1c(OCc2cscn2)ccc2ccccc12. The number of ether oxygens (including phenoxy) is 1. The van der Waals surface area contributed by atoms with Gasteiger partial charge in [-0.1, -0.05) is 30.3 Å². The number of thiazole rings is 1. The van der Waals surface area contributed by atoms with Gasteiger partial charge in [-0.05, 0) is 29.8 Å². The molecule has 0 bridgehead atoms. The van der Waals surface area contributed by atoms with E-state index in [4.69, 9.17) is 10.5 Å². The maximum Gasteiger partial charge on any atom is 0.131 e. The molecule has 2 aromatic carbocycles. The number of hydrogen-bond donors (Lipinski definition) is 1. The quantitative estimate of drug-likeness (QED) is 0.781. The second kappa shape index (κ2) is 6.03. The standard InChI is InChI=1S/C16H16N2OS/c17-8-7-15-14-4-2-1-3-12(14)5-6-16(15)19-9-13-10-20-11-18-13/h1-6,10-11H,7-9,17H2. The predicted octanol–water partition coefficient (Wildman–Crippen LogP) is 3.38. The fourth-order valence-corrected chi connectivity index (χ4v) is 2.86. The topological polar surface area (TPSA) is 48.1 Å². The summed E-state index contributed by atoms with van der Waals surface area (Å²) in [6.07, 6.45) is 0.813. The van der Waals surface area contributed by atoms with Crippen molar-refractivity contribution in [1.29, 1.82) is 0 Å². The maximum atomic E-state index is 5.93. The molecule has 0 unspecified atom stereocenters. The van der Waals surface area contributed by atoms with Gasteiger partial charge in [-0.3, -0.25) is 0 Å². The lowest BCUT2D eigenvalue weighted by Gasteiger charge is -2.13. The van der Waals surface area contributed by atoms with Crippen molar-refractivity contribution in [3.63, 3.8) is 0 Å². The number of hydrogen-bond acceptors (Lipinski definition) is 4. The summed E-state index contributed by atoms with van der Waals surface area (Å²) in [4.78, 5) is 4.24. The molecule has 0 radical (unpaired) electrons. The Hall–Kier alpha value is -1.91. The summed E-state index contributed by atoms with van der Waals surface area (Å²) in [6, 6.07) is 12.4. The van der Waals surface area contributed by atoms with Crippen molar-refractivity contribution >= 4 is 22.1 Å². The van der Waals surface area contributed by atoms with Crippen molar-refractivity contribution in [2.24, 2.45) is 5.73 Å². The van der Waals surface area contributed by atoms with E-state index in [2.05, 4.69) is 23.2 Å². The Morgan fingerprint density at radius 1 is 1.15 bits per heavy atom. The lowest BCUT2D eigenvalue weighted by atomic mass is 10.0. The van der Waals surface area contributed by atoms with E-state index in [0.29, 0.717) is 13.2 Å². The molecule has 0 aliphatic carbocycles.